The Morgan fingerprint density at radius 1 is 1.28 bits per heavy atom. The molecule has 3 aliphatic rings. The van der Waals surface area contributed by atoms with Crippen LogP contribution in [0.15, 0.2) is 0 Å². The first-order valence-electron chi connectivity index (χ1n) is 7.21. The van der Waals surface area contributed by atoms with E-state index < -0.39 is 5.54 Å². The van der Waals surface area contributed by atoms with Crippen molar-refractivity contribution in [3.05, 3.63) is 0 Å². The first-order valence-corrected chi connectivity index (χ1v) is 7.21. The number of rotatable bonds is 4. The van der Waals surface area contributed by atoms with Gasteiger partial charge in [-0.1, -0.05) is 6.92 Å². The predicted molar refractivity (Wildman–Crippen MR) is 67.8 cm³/mol. The molecular weight excluding hydrogens is 228 g/mol. The minimum Gasteiger partial charge on any atom is -0.340 e. The van der Waals surface area contributed by atoms with Crippen molar-refractivity contribution in [2.45, 2.75) is 57.5 Å². The van der Waals surface area contributed by atoms with Gasteiger partial charge in [0.1, 0.15) is 11.6 Å². The molecule has 2 aliphatic carbocycles. The molecule has 1 heterocycles. The molecule has 1 aliphatic heterocycles. The fourth-order valence-electron chi connectivity index (χ4n) is 3.25. The molecule has 2 atom stereocenters. The summed E-state index contributed by atoms with van der Waals surface area (Å²) in [5.41, 5.74) is -0.627. The van der Waals surface area contributed by atoms with Crippen LogP contribution < -0.4 is 5.32 Å². The van der Waals surface area contributed by atoms with Gasteiger partial charge in [0.25, 0.3) is 0 Å². The Morgan fingerprint density at radius 2 is 1.94 bits per heavy atom. The van der Waals surface area contributed by atoms with Crippen LogP contribution in [-0.4, -0.2) is 34.8 Å². The standard InChI is InChI=1S/C14H22N2O2/c1-3-8-16-11(9-4-5-9)12(17)15-14(2,13(16)18)10-6-7-10/h9-11H,3-8H2,1-2H3,(H,15,17). The number of carbonyl (C=O) groups is 2. The summed E-state index contributed by atoms with van der Waals surface area (Å²) in [6.45, 7) is 4.70. The zero-order valence-corrected chi connectivity index (χ0v) is 11.2. The van der Waals surface area contributed by atoms with Gasteiger partial charge in [-0.3, -0.25) is 9.59 Å². The van der Waals surface area contributed by atoms with Crippen LogP contribution in [0.5, 0.6) is 0 Å². The molecule has 2 saturated carbocycles. The van der Waals surface area contributed by atoms with Crippen molar-refractivity contribution in [1.29, 1.82) is 0 Å². The molecule has 0 aromatic rings. The van der Waals surface area contributed by atoms with E-state index in [1.54, 1.807) is 0 Å². The second-order valence-electron chi connectivity index (χ2n) is 6.25. The normalized spacial score (nSPS) is 36.8. The maximum Gasteiger partial charge on any atom is 0.249 e. The van der Waals surface area contributed by atoms with Crippen molar-refractivity contribution >= 4 is 11.8 Å². The Kier molecular flexibility index (Phi) is 2.65. The Balaban J connectivity index is 1.88. The summed E-state index contributed by atoms with van der Waals surface area (Å²) in [4.78, 5) is 26.9. The van der Waals surface area contributed by atoms with Crippen LogP contribution in [-0.2, 0) is 9.59 Å². The Labute approximate surface area is 108 Å². The van der Waals surface area contributed by atoms with E-state index >= 15 is 0 Å². The van der Waals surface area contributed by atoms with Gasteiger partial charge >= 0.3 is 0 Å². The topological polar surface area (TPSA) is 49.4 Å². The van der Waals surface area contributed by atoms with Crippen molar-refractivity contribution in [3.63, 3.8) is 0 Å². The average molecular weight is 250 g/mol. The molecule has 0 spiro atoms. The molecule has 0 bridgehead atoms. The Hall–Kier alpha value is -1.06. The largest absolute Gasteiger partial charge is 0.340 e. The fraction of sp³-hybridized carbons (Fsp3) is 0.857. The number of nitrogens with one attached hydrogen (secondary N) is 1. The third-order valence-corrected chi connectivity index (χ3v) is 4.62. The van der Waals surface area contributed by atoms with Gasteiger partial charge in [0.05, 0.1) is 0 Å². The lowest BCUT2D eigenvalue weighted by Gasteiger charge is -2.45. The summed E-state index contributed by atoms with van der Waals surface area (Å²) in [5, 5.41) is 3.03. The maximum absolute atomic E-state index is 12.7. The highest BCUT2D eigenvalue weighted by molar-refractivity contribution is 6.00. The third kappa shape index (κ3) is 1.73. The highest BCUT2D eigenvalue weighted by Gasteiger charge is 2.57. The van der Waals surface area contributed by atoms with Gasteiger partial charge in [0, 0.05) is 6.54 Å². The number of nitrogens with zero attached hydrogens (tertiary/aromatic N) is 1. The van der Waals surface area contributed by atoms with E-state index in [0.717, 1.165) is 38.6 Å². The molecule has 2 unspecified atom stereocenters. The van der Waals surface area contributed by atoms with Gasteiger partial charge < -0.3 is 10.2 Å². The number of hydrogen-bond donors (Lipinski definition) is 1. The number of hydrogen-bond acceptors (Lipinski definition) is 2. The molecule has 100 valence electrons. The lowest BCUT2D eigenvalue weighted by Crippen LogP contribution is -2.70. The molecule has 0 aromatic heterocycles. The van der Waals surface area contributed by atoms with Crippen molar-refractivity contribution in [1.82, 2.24) is 10.2 Å². The van der Waals surface area contributed by atoms with Crippen LogP contribution in [0.3, 0.4) is 0 Å². The summed E-state index contributed by atoms with van der Waals surface area (Å²) in [5.74, 6) is 1.00. The minimum atomic E-state index is -0.627. The van der Waals surface area contributed by atoms with Crippen molar-refractivity contribution in [2.24, 2.45) is 11.8 Å². The molecule has 2 amide bonds. The van der Waals surface area contributed by atoms with Gasteiger partial charge in [-0.05, 0) is 50.9 Å². The number of piperazine rings is 1. The lowest BCUT2D eigenvalue weighted by molar-refractivity contribution is -0.156. The number of carbonyl (C=O) groups excluding carboxylic acids is 2. The molecule has 18 heavy (non-hydrogen) atoms. The summed E-state index contributed by atoms with van der Waals surface area (Å²) in [6, 6.07) is -0.190. The molecule has 0 aromatic carbocycles. The molecule has 1 saturated heterocycles. The average Bonchev–Trinajstić information content (AvgIpc) is 3.16. The van der Waals surface area contributed by atoms with E-state index in [-0.39, 0.29) is 17.9 Å². The van der Waals surface area contributed by atoms with Gasteiger partial charge in [-0.2, -0.15) is 0 Å². The Morgan fingerprint density at radius 3 is 2.44 bits per heavy atom. The summed E-state index contributed by atoms with van der Waals surface area (Å²) >= 11 is 0. The van der Waals surface area contributed by atoms with Crippen LogP contribution in [0.25, 0.3) is 0 Å². The highest BCUT2D eigenvalue weighted by Crippen LogP contribution is 2.45. The van der Waals surface area contributed by atoms with Gasteiger partial charge in [0.2, 0.25) is 11.8 Å². The zero-order chi connectivity index (χ0) is 12.9. The van der Waals surface area contributed by atoms with Crippen LogP contribution in [0.1, 0.15) is 46.0 Å². The van der Waals surface area contributed by atoms with E-state index in [2.05, 4.69) is 12.2 Å². The van der Waals surface area contributed by atoms with Crippen LogP contribution in [0, 0.1) is 11.8 Å². The van der Waals surface area contributed by atoms with Crippen molar-refractivity contribution in [3.8, 4) is 0 Å². The molecule has 1 N–H and O–H groups in total. The minimum absolute atomic E-state index is 0.0833. The van der Waals surface area contributed by atoms with Crippen LogP contribution in [0.2, 0.25) is 0 Å². The molecule has 4 heteroatoms. The fourth-order valence-corrected chi connectivity index (χ4v) is 3.25. The second-order valence-corrected chi connectivity index (χ2v) is 6.25. The second kappa shape index (κ2) is 3.97. The highest BCUT2D eigenvalue weighted by atomic mass is 16.2. The van der Waals surface area contributed by atoms with Gasteiger partial charge in [0.15, 0.2) is 0 Å². The van der Waals surface area contributed by atoms with Gasteiger partial charge in [-0.25, -0.2) is 0 Å². The molecule has 3 rings (SSSR count). The summed E-state index contributed by atoms with van der Waals surface area (Å²) in [7, 11) is 0. The zero-order valence-electron chi connectivity index (χ0n) is 11.2. The monoisotopic (exact) mass is 250 g/mol. The third-order valence-electron chi connectivity index (χ3n) is 4.62. The van der Waals surface area contributed by atoms with E-state index in [0.29, 0.717) is 11.8 Å². The van der Waals surface area contributed by atoms with Crippen LogP contribution >= 0.6 is 0 Å². The smallest absolute Gasteiger partial charge is 0.249 e. The van der Waals surface area contributed by atoms with E-state index in [4.69, 9.17) is 0 Å². The lowest BCUT2D eigenvalue weighted by atomic mass is 9.88. The summed E-state index contributed by atoms with van der Waals surface area (Å²) in [6.07, 6.45) is 5.23. The van der Waals surface area contributed by atoms with Gasteiger partial charge in [-0.15, -0.1) is 0 Å². The molecular formula is C14H22N2O2. The van der Waals surface area contributed by atoms with E-state index in [1.165, 1.54) is 0 Å². The Bertz CT molecular complexity index is 387. The van der Waals surface area contributed by atoms with Crippen molar-refractivity contribution < 1.29 is 9.59 Å². The first-order chi connectivity index (χ1) is 8.58. The molecule has 4 nitrogen and oxygen atoms in total. The van der Waals surface area contributed by atoms with E-state index in [9.17, 15) is 9.59 Å². The predicted octanol–water partition coefficient (Wildman–Crippen LogP) is 1.30. The number of amides is 2. The van der Waals surface area contributed by atoms with E-state index in [1.807, 2.05) is 11.8 Å². The van der Waals surface area contributed by atoms with Crippen LogP contribution in [0.4, 0.5) is 0 Å². The summed E-state index contributed by atoms with van der Waals surface area (Å²) < 4.78 is 0. The molecule has 3 fully saturated rings. The molecule has 0 radical (unpaired) electrons. The first kappa shape index (κ1) is 12.0. The van der Waals surface area contributed by atoms with Crippen molar-refractivity contribution in [2.75, 3.05) is 6.54 Å². The quantitative estimate of drug-likeness (QED) is 0.817. The maximum atomic E-state index is 12.7. The SMILES string of the molecule is CCCN1C(=O)C(C)(C2CC2)NC(=O)C1C1CC1.